The van der Waals surface area contributed by atoms with Crippen LogP contribution in [0.4, 0.5) is 0 Å². The van der Waals surface area contributed by atoms with E-state index >= 15 is 0 Å². The second-order valence-electron chi connectivity index (χ2n) is 4.53. The fourth-order valence-electron chi connectivity index (χ4n) is 2.25. The molecule has 1 aliphatic rings. The number of hydrogen-bond donors (Lipinski definition) is 2. The fraction of sp³-hybridized carbons (Fsp3) is 0.917. The number of piperidine rings is 1. The molecule has 1 atom stereocenters. The van der Waals surface area contributed by atoms with Gasteiger partial charge in [0.25, 0.3) is 0 Å². The Morgan fingerprint density at radius 3 is 2.94 bits per heavy atom. The molecule has 0 spiro atoms. The topological polar surface area (TPSA) is 80.3 Å². The predicted molar refractivity (Wildman–Crippen MR) is 69.9 cm³/mol. The van der Waals surface area contributed by atoms with Gasteiger partial charge in [0, 0.05) is 26.9 Å². The molecular formula is C12H25N3O3. The second kappa shape index (κ2) is 9.13. The minimum absolute atomic E-state index is 0.0614. The smallest absolute Gasteiger partial charge is 0.156 e. The largest absolute Gasteiger partial charge is 0.409 e. The van der Waals surface area contributed by atoms with Crippen molar-refractivity contribution < 1.29 is 14.7 Å². The lowest BCUT2D eigenvalue weighted by Crippen LogP contribution is -2.48. The van der Waals surface area contributed by atoms with Crippen LogP contribution in [-0.4, -0.2) is 62.0 Å². The highest BCUT2D eigenvalue weighted by atomic mass is 16.5. The van der Waals surface area contributed by atoms with Crippen molar-refractivity contribution in [1.82, 2.24) is 4.90 Å². The van der Waals surface area contributed by atoms with E-state index in [-0.39, 0.29) is 6.04 Å². The van der Waals surface area contributed by atoms with Crippen LogP contribution in [-0.2, 0) is 9.47 Å². The number of hydrogen-bond acceptors (Lipinski definition) is 5. The van der Waals surface area contributed by atoms with Crippen molar-refractivity contribution in [3.8, 4) is 0 Å². The maximum absolute atomic E-state index is 8.76. The molecule has 1 fully saturated rings. The van der Waals surface area contributed by atoms with Gasteiger partial charge in [-0.15, -0.1) is 0 Å². The van der Waals surface area contributed by atoms with Crippen molar-refractivity contribution in [3.05, 3.63) is 0 Å². The van der Waals surface area contributed by atoms with Gasteiger partial charge < -0.3 is 20.4 Å². The highest BCUT2D eigenvalue weighted by molar-refractivity contribution is 5.85. The average Bonchev–Trinajstić information content (AvgIpc) is 2.42. The lowest BCUT2D eigenvalue weighted by atomic mass is 10.0. The van der Waals surface area contributed by atoms with E-state index in [2.05, 4.69) is 10.1 Å². The van der Waals surface area contributed by atoms with Gasteiger partial charge in [-0.25, -0.2) is 0 Å². The summed E-state index contributed by atoms with van der Waals surface area (Å²) in [5, 5.41) is 11.9. The number of likely N-dealkylation sites (tertiary alicyclic amines) is 1. The third kappa shape index (κ3) is 5.20. The molecule has 0 aromatic carbocycles. The highest BCUT2D eigenvalue weighted by Crippen LogP contribution is 2.16. The summed E-state index contributed by atoms with van der Waals surface area (Å²) in [6.45, 7) is 3.95. The van der Waals surface area contributed by atoms with Crippen molar-refractivity contribution in [2.45, 2.75) is 31.7 Å². The number of amidine groups is 1. The van der Waals surface area contributed by atoms with Gasteiger partial charge in [0.2, 0.25) is 0 Å². The van der Waals surface area contributed by atoms with Crippen molar-refractivity contribution in [3.63, 3.8) is 0 Å². The van der Waals surface area contributed by atoms with Crippen molar-refractivity contribution in [2.75, 3.05) is 40.0 Å². The van der Waals surface area contributed by atoms with Crippen LogP contribution >= 0.6 is 0 Å². The van der Waals surface area contributed by atoms with Crippen molar-refractivity contribution in [1.29, 1.82) is 0 Å². The van der Waals surface area contributed by atoms with Crippen LogP contribution in [0.1, 0.15) is 25.7 Å². The fourth-order valence-corrected chi connectivity index (χ4v) is 2.25. The minimum Gasteiger partial charge on any atom is -0.409 e. The Balaban J connectivity index is 2.21. The molecule has 0 aromatic heterocycles. The summed E-state index contributed by atoms with van der Waals surface area (Å²) < 4.78 is 10.5. The van der Waals surface area contributed by atoms with Crippen LogP contribution in [0.15, 0.2) is 5.16 Å². The molecule has 1 unspecified atom stereocenters. The highest BCUT2D eigenvalue weighted by Gasteiger charge is 2.25. The first-order valence-corrected chi connectivity index (χ1v) is 6.57. The molecule has 3 N–H and O–H groups in total. The quantitative estimate of drug-likeness (QED) is 0.220. The van der Waals surface area contributed by atoms with Gasteiger partial charge in [0.15, 0.2) is 5.84 Å². The molecule has 0 aromatic rings. The molecule has 0 amide bonds. The van der Waals surface area contributed by atoms with Crippen molar-refractivity contribution >= 4 is 5.84 Å². The molecular weight excluding hydrogens is 234 g/mol. The Hall–Kier alpha value is -0.850. The van der Waals surface area contributed by atoms with Gasteiger partial charge in [-0.2, -0.15) is 0 Å². The molecule has 1 rings (SSSR count). The number of rotatable bonds is 8. The number of nitrogens with zero attached hydrogens (tertiary/aromatic N) is 2. The van der Waals surface area contributed by atoms with Crippen molar-refractivity contribution in [2.24, 2.45) is 10.9 Å². The van der Waals surface area contributed by atoms with E-state index in [1.165, 1.54) is 6.42 Å². The lowest BCUT2D eigenvalue weighted by Gasteiger charge is -2.34. The Bertz CT molecular complexity index is 249. The molecule has 0 aliphatic carbocycles. The molecule has 1 heterocycles. The van der Waals surface area contributed by atoms with E-state index in [9.17, 15) is 0 Å². The number of ether oxygens (including phenoxy) is 2. The van der Waals surface area contributed by atoms with E-state index in [0.717, 1.165) is 45.6 Å². The van der Waals surface area contributed by atoms with Crippen LogP contribution in [0.2, 0.25) is 0 Å². The van der Waals surface area contributed by atoms with E-state index in [1.807, 2.05) is 0 Å². The van der Waals surface area contributed by atoms with E-state index in [4.69, 9.17) is 20.4 Å². The molecule has 0 radical (unpaired) electrons. The van der Waals surface area contributed by atoms with Gasteiger partial charge >= 0.3 is 0 Å². The van der Waals surface area contributed by atoms with Gasteiger partial charge in [0.1, 0.15) is 0 Å². The summed E-state index contributed by atoms with van der Waals surface area (Å²) in [7, 11) is 1.69. The van der Waals surface area contributed by atoms with Crippen LogP contribution < -0.4 is 5.73 Å². The van der Waals surface area contributed by atoms with Gasteiger partial charge in [0.05, 0.1) is 12.6 Å². The predicted octanol–water partition coefficient (Wildman–Crippen LogP) is 0.640. The van der Waals surface area contributed by atoms with E-state index in [1.54, 1.807) is 7.11 Å². The second-order valence-corrected chi connectivity index (χ2v) is 4.53. The summed E-state index contributed by atoms with van der Waals surface area (Å²) >= 11 is 0. The van der Waals surface area contributed by atoms with Gasteiger partial charge in [-0.1, -0.05) is 11.6 Å². The summed E-state index contributed by atoms with van der Waals surface area (Å²) in [5.74, 6) is 0.314. The zero-order chi connectivity index (χ0) is 13.2. The van der Waals surface area contributed by atoms with Crippen LogP contribution in [0.25, 0.3) is 0 Å². The molecule has 6 heteroatoms. The zero-order valence-corrected chi connectivity index (χ0v) is 11.2. The molecule has 1 saturated heterocycles. The SMILES string of the molecule is COCCCOCCN1CCCCC1C(N)=NO. The van der Waals surface area contributed by atoms with Gasteiger partial charge in [-0.3, -0.25) is 4.90 Å². The summed E-state index contributed by atoms with van der Waals surface area (Å²) in [6, 6.07) is 0.0614. The van der Waals surface area contributed by atoms with E-state index in [0.29, 0.717) is 12.4 Å². The Labute approximate surface area is 109 Å². The number of oxime groups is 1. The lowest BCUT2D eigenvalue weighted by molar-refractivity contribution is 0.0717. The molecule has 0 bridgehead atoms. The first-order chi connectivity index (χ1) is 8.79. The molecule has 18 heavy (non-hydrogen) atoms. The molecule has 106 valence electrons. The maximum atomic E-state index is 8.76. The first kappa shape index (κ1) is 15.2. The normalized spacial score (nSPS) is 22.3. The van der Waals surface area contributed by atoms with E-state index < -0.39 is 0 Å². The van der Waals surface area contributed by atoms with Crippen LogP contribution in [0.5, 0.6) is 0 Å². The molecule has 0 saturated carbocycles. The third-order valence-corrected chi connectivity index (χ3v) is 3.23. The summed E-state index contributed by atoms with van der Waals surface area (Å²) in [4.78, 5) is 2.23. The maximum Gasteiger partial charge on any atom is 0.156 e. The third-order valence-electron chi connectivity index (χ3n) is 3.23. The monoisotopic (exact) mass is 259 g/mol. The number of nitrogens with two attached hydrogens (primary N) is 1. The molecule has 6 nitrogen and oxygen atoms in total. The minimum atomic E-state index is 0.0614. The summed E-state index contributed by atoms with van der Waals surface area (Å²) in [6.07, 6.45) is 4.17. The Morgan fingerprint density at radius 1 is 1.39 bits per heavy atom. The Morgan fingerprint density at radius 2 is 2.22 bits per heavy atom. The standard InChI is InChI=1S/C12H25N3O3/c1-17-8-4-9-18-10-7-15-6-3-2-5-11(15)12(13)14-16/h11,16H,2-10H2,1H3,(H2,13,14). The first-order valence-electron chi connectivity index (χ1n) is 6.57. The zero-order valence-electron chi connectivity index (χ0n) is 11.2. The molecule has 1 aliphatic heterocycles. The van der Waals surface area contributed by atoms with Crippen LogP contribution in [0, 0.1) is 0 Å². The Kier molecular flexibility index (Phi) is 7.71. The van der Waals surface area contributed by atoms with Crippen LogP contribution in [0.3, 0.4) is 0 Å². The average molecular weight is 259 g/mol. The summed E-state index contributed by atoms with van der Waals surface area (Å²) in [5.41, 5.74) is 5.71. The number of methoxy groups -OCH3 is 1. The van der Waals surface area contributed by atoms with Gasteiger partial charge in [-0.05, 0) is 25.8 Å².